The smallest absolute Gasteiger partial charge is 0.355 e. The number of phenols is 1. The van der Waals surface area contributed by atoms with Gasteiger partial charge in [0.05, 0.1) is 19.8 Å². The lowest BCUT2D eigenvalue weighted by molar-refractivity contribution is -0.136. The van der Waals surface area contributed by atoms with Crippen molar-refractivity contribution in [3.8, 4) is 11.5 Å². The number of ether oxygens (including phenoxy) is 2. The number of nitrogens with zero attached hydrogens (tertiary/aromatic N) is 4. The highest BCUT2D eigenvalue weighted by Crippen LogP contribution is 2.40. The molecule has 10 nitrogen and oxygen atoms in total. The van der Waals surface area contributed by atoms with Gasteiger partial charge in [0.1, 0.15) is 23.2 Å². The molecule has 0 unspecified atom stereocenters. The highest BCUT2D eigenvalue weighted by atomic mass is 16.5. The number of aromatic nitrogens is 4. The second kappa shape index (κ2) is 7.66. The van der Waals surface area contributed by atoms with Crippen molar-refractivity contribution in [1.82, 2.24) is 20.2 Å². The molecule has 4 rings (SSSR count). The number of hydrogen-bond donors (Lipinski definition) is 2. The lowest BCUT2D eigenvalue weighted by Crippen LogP contribution is -2.33. The predicted molar refractivity (Wildman–Crippen MR) is 104 cm³/mol. The van der Waals surface area contributed by atoms with Crippen molar-refractivity contribution < 1.29 is 24.2 Å². The van der Waals surface area contributed by atoms with Crippen molar-refractivity contribution in [2.24, 2.45) is 0 Å². The Morgan fingerprint density at radius 1 is 1.10 bits per heavy atom. The molecule has 0 saturated carbocycles. The fourth-order valence-electron chi connectivity index (χ4n) is 3.34. The van der Waals surface area contributed by atoms with Crippen LogP contribution in [0.2, 0.25) is 0 Å². The molecule has 1 aromatic heterocycles. The molecule has 0 radical (unpaired) electrons. The quantitative estimate of drug-likeness (QED) is 0.480. The topological polar surface area (TPSA) is 128 Å². The van der Waals surface area contributed by atoms with Gasteiger partial charge in [-0.05, 0) is 40.8 Å². The maximum Gasteiger partial charge on any atom is 0.355 e. The van der Waals surface area contributed by atoms with E-state index in [-0.39, 0.29) is 28.5 Å². The molecular formula is C20H17N5O5. The number of aromatic hydroxyl groups is 1. The molecule has 2 N–H and O–H groups in total. The molecule has 30 heavy (non-hydrogen) atoms. The summed E-state index contributed by atoms with van der Waals surface area (Å²) in [4.78, 5) is 26.1. The van der Waals surface area contributed by atoms with Gasteiger partial charge in [-0.3, -0.25) is 4.79 Å². The molecular weight excluding hydrogens is 390 g/mol. The number of ketones is 1. The van der Waals surface area contributed by atoms with E-state index < -0.39 is 17.8 Å². The van der Waals surface area contributed by atoms with Crippen LogP contribution in [0.5, 0.6) is 11.5 Å². The van der Waals surface area contributed by atoms with Crippen LogP contribution in [-0.4, -0.2) is 51.3 Å². The van der Waals surface area contributed by atoms with Gasteiger partial charge in [-0.2, -0.15) is 4.68 Å². The van der Waals surface area contributed by atoms with Crippen LogP contribution in [0, 0.1) is 0 Å². The number of anilines is 1. The molecule has 0 bridgehead atoms. The first-order chi connectivity index (χ1) is 14.5. The molecule has 1 atom stereocenters. The Labute approximate surface area is 170 Å². The Kier molecular flexibility index (Phi) is 4.88. The SMILES string of the molecule is COC(=O)C1=C(C(=O)c2ccc(O)cc2)[C@H](c2ccccc2OC)n2nnnc2N1. The maximum atomic E-state index is 13.5. The normalized spacial score (nSPS) is 15.2. The lowest BCUT2D eigenvalue weighted by atomic mass is 9.89. The molecule has 0 spiro atoms. The van der Waals surface area contributed by atoms with E-state index in [4.69, 9.17) is 9.47 Å². The van der Waals surface area contributed by atoms with Crippen molar-refractivity contribution in [3.63, 3.8) is 0 Å². The summed E-state index contributed by atoms with van der Waals surface area (Å²) in [6.45, 7) is 0. The van der Waals surface area contributed by atoms with Crippen LogP contribution in [0.1, 0.15) is 22.0 Å². The number of carbonyl (C=O) groups excluding carboxylic acids is 2. The van der Waals surface area contributed by atoms with E-state index in [0.717, 1.165) is 0 Å². The zero-order valence-electron chi connectivity index (χ0n) is 16.1. The van der Waals surface area contributed by atoms with Crippen molar-refractivity contribution in [2.75, 3.05) is 19.5 Å². The standard InChI is InChI=1S/C20H17N5O5/c1-29-14-6-4-3-5-13(14)17-15(18(27)11-7-9-12(26)10-8-11)16(19(28)30-2)21-20-22-23-24-25(17)20/h3-10,17,26H,1-2H3,(H,21,22,24)/t17-/m0/s1. The zero-order valence-corrected chi connectivity index (χ0v) is 16.1. The number of rotatable bonds is 5. The van der Waals surface area contributed by atoms with E-state index in [9.17, 15) is 14.7 Å². The number of Topliss-reactive ketones (excluding diaryl/α,β-unsaturated/α-hetero) is 1. The van der Waals surface area contributed by atoms with Crippen LogP contribution in [0.25, 0.3) is 0 Å². The lowest BCUT2D eigenvalue weighted by Gasteiger charge is -2.28. The van der Waals surface area contributed by atoms with E-state index in [1.807, 2.05) is 0 Å². The number of fused-ring (bicyclic) bond motifs is 1. The zero-order chi connectivity index (χ0) is 21.3. The number of tetrazole rings is 1. The van der Waals surface area contributed by atoms with E-state index in [2.05, 4.69) is 20.8 Å². The fourth-order valence-corrected chi connectivity index (χ4v) is 3.34. The van der Waals surface area contributed by atoms with Crippen LogP contribution in [0.3, 0.4) is 0 Å². The van der Waals surface area contributed by atoms with E-state index >= 15 is 0 Å². The number of hydrogen-bond acceptors (Lipinski definition) is 9. The first-order valence-corrected chi connectivity index (χ1v) is 8.89. The van der Waals surface area contributed by atoms with Crippen molar-refractivity contribution in [2.45, 2.75) is 6.04 Å². The molecule has 2 aromatic carbocycles. The number of methoxy groups -OCH3 is 2. The summed E-state index contributed by atoms with van der Waals surface area (Å²) in [6, 6.07) is 11.9. The van der Waals surface area contributed by atoms with Crippen molar-refractivity contribution in [3.05, 3.63) is 70.9 Å². The third kappa shape index (κ3) is 3.13. The van der Waals surface area contributed by atoms with Gasteiger partial charge in [-0.15, -0.1) is 0 Å². The molecule has 152 valence electrons. The van der Waals surface area contributed by atoms with Crippen molar-refractivity contribution in [1.29, 1.82) is 0 Å². The van der Waals surface area contributed by atoms with Gasteiger partial charge in [0.15, 0.2) is 5.78 Å². The van der Waals surface area contributed by atoms with E-state index in [0.29, 0.717) is 11.3 Å². The summed E-state index contributed by atoms with van der Waals surface area (Å²) in [7, 11) is 2.72. The van der Waals surface area contributed by atoms with Gasteiger partial charge in [-0.25, -0.2) is 4.79 Å². The minimum atomic E-state index is -0.859. The van der Waals surface area contributed by atoms with Crippen LogP contribution in [0.4, 0.5) is 5.95 Å². The minimum absolute atomic E-state index is 0.0135. The van der Waals surface area contributed by atoms with Gasteiger partial charge >= 0.3 is 5.97 Å². The average Bonchev–Trinajstić information content (AvgIpc) is 3.25. The Bertz CT molecular complexity index is 1150. The molecule has 3 aromatic rings. The summed E-state index contributed by atoms with van der Waals surface area (Å²) in [5.74, 6) is -0.523. The maximum absolute atomic E-state index is 13.5. The predicted octanol–water partition coefficient (Wildman–Crippen LogP) is 1.71. The summed E-state index contributed by atoms with van der Waals surface area (Å²) in [5.41, 5.74) is 0.853. The van der Waals surface area contributed by atoms with Gasteiger partial charge in [0.2, 0.25) is 5.95 Å². The molecule has 0 aliphatic carbocycles. The first kappa shape index (κ1) is 19.1. The molecule has 2 heterocycles. The number of phenolic OH excluding ortho intramolecular Hbond substituents is 1. The van der Waals surface area contributed by atoms with Gasteiger partial charge < -0.3 is 19.9 Å². The Hall–Kier alpha value is -4.21. The Balaban J connectivity index is 1.98. The molecule has 0 saturated heterocycles. The Morgan fingerprint density at radius 2 is 1.83 bits per heavy atom. The molecule has 1 aliphatic heterocycles. The summed E-state index contributed by atoms with van der Waals surface area (Å²) in [5, 5.41) is 23.9. The summed E-state index contributed by atoms with van der Waals surface area (Å²) < 4.78 is 11.8. The number of esters is 1. The number of benzene rings is 2. The summed E-state index contributed by atoms with van der Waals surface area (Å²) in [6.07, 6.45) is 0. The van der Waals surface area contributed by atoms with Gasteiger partial charge in [0.25, 0.3) is 0 Å². The largest absolute Gasteiger partial charge is 0.508 e. The van der Waals surface area contributed by atoms with Crippen molar-refractivity contribution >= 4 is 17.7 Å². The molecule has 0 amide bonds. The number of carbonyl (C=O) groups is 2. The molecule has 1 aliphatic rings. The van der Waals surface area contributed by atoms with Crippen LogP contribution in [-0.2, 0) is 9.53 Å². The van der Waals surface area contributed by atoms with Gasteiger partial charge in [-0.1, -0.05) is 23.3 Å². The summed E-state index contributed by atoms with van der Waals surface area (Å²) >= 11 is 0. The highest BCUT2D eigenvalue weighted by Gasteiger charge is 2.39. The van der Waals surface area contributed by atoms with Crippen LogP contribution >= 0.6 is 0 Å². The first-order valence-electron chi connectivity index (χ1n) is 8.89. The Morgan fingerprint density at radius 3 is 2.53 bits per heavy atom. The number of allylic oxidation sites excluding steroid dienone is 1. The van der Waals surface area contributed by atoms with Crippen LogP contribution < -0.4 is 10.1 Å². The highest BCUT2D eigenvalue weighted by molar-refractivity contribution is 6.15. The molecule has 10 heteroatoms. The minimum Gasteiger partial charge on any atom is -0.508 e. The van der Waals surface area contributed by atoms with E-state index in [1.54, 1.807) is 24.3 Å². The van der Waals surface area contributed by atoms with E-state index in [1.165, 1.54) is 43.2 Å². The monoisotopic (exact) mass is 407 g/mol. The van der Waals surface area contributed by atoms with Gasteiger partial charge in [0, 0.05) is 11.1 Å². The second-order valence-corrected chi connectivity index (χ2v) is 6.37. The second-order valence-electron chi connectivity index (χ2n) is 6.37. The third-order valence-electron chi connectivity index (χ3n) is 4.71. The fraction of sp³-hybridized carbons (Fsp3) is 0.150. The number of nitrogens with one attached hydrogen (secondary N) is 1. The number of para-hydroxylation sites is 1. The van der Waals surface area contributed by atoms with Crippen LogP contribution in [0.15, 0.2) is 59.8 Å². The third-order valence-corrected chi connectivity index (χ3v) is 4.71. The molecule has 0 fully saturated rings. The average molecular weight is 407 g/mol.